The summed E-state index contributed by atoms with van der Waals surface area (Å²) in [5.74, 6) is -0.464. The maximum atomic E-state index is 12.0. The van der Waals surface area contributed by atoms with Gasteiger partial charge in [-0.15, -0.1) is 0 Å². The first-order valence-electron chi connectivity index (χ1n) is 6.39. The van der Waals surface area contributed by atoms with Gasteiger partial charge < -0.3 is 9.30 Å². The van der Waals surface area contributed by atoms with E-state index in [1.807, 2.05) is 54.8 Å². The molecule has 0 N–H and O–H groups in total. The van der Waals surface area contributed by atoms with Gasteiger partial charge >= 0.3 is 5.97 Å². The molecule has 0 saturated carbocycles. The summed E-state index contributed by atoms with van der Waals surface area (Å²) < 4.78 is 7.05. The summed E-state index contributed by atoms with van der Waals surface area (Å²) in [7, 11) is 0. The van der Waals surface area contributed by atoms with E-state index in [9.17, 15) is 4.79 Å². The van der Waals surface area contributed by atoms with E-state index in [0.29, 0.717) is 5.56 Å². The molecule has 0 bridgehead atoms. The molecule has 1 aromatic carbocycles. The second-order valence-corrected chi connectivity index (χ2v) is 4.63. The molecule has 102 valence electrons. The van der Waals surface area contributed by atoms with Crippen molar-refractivity contribution in [2.45, 2.75) is 26.9 Å². The van der Waals surface area contributed by atoms with E-state index in [-0.39, 0.29) is 0 Å². The highest BCUT2D eigenvalue weighted by atomic mass is 16.5. The largest absolute Gasteiger partial charge is 0.444 e. The summed E-state index contributed by atoms with van der Waals surface area (Å²) in [4.78, 5) is 12.0. The van der Waals surface area contributed by atoms with Crippen LogP contribution < -0.4 is 0 Å². The fourth-order valence-corrected chi connectivity index (χ4v) is 2.19. The van der Waals surface area contributed by atoms with Crippen LogP contribution in [0.25, 0.3) is 5.69 Å². The highest BCUT2D eigenvalue weighted by Crippen LogP contribution is 2.21. The first kappa shape index (κ1) is 13.9. The third kappa shape index (κ3) is 2.57. The van der Waals surface area contributed by atoms with E-state index in [1.54, 1.807) is 13.0 Å². The van der Waals surface area contributed by atoms with Crippen molar-refractivity contribution in [1.29, 1.82) is 5.26 Å². The lowest BCUT2D eigenvalue weighted by Gasteiger charge is -2.10. The number of nitrogens with zero attached hydrogens (tertiary/aromatic N) is 2. The lowest BCUT2D eigenvalue weighted by Crippen LogP contribution is -2.13. The molecule has 1 heterocycles. The van der Waals surface area contributed by atoms with Crippen LogP contribution in [-0.2, 0) is 4.74 Å². The molecule has 0 aliphatic carbocycles. The number of hydrogen-bond donors (Lipinski definition) is 0. The van der Waals surface area contributed by atoms with Crippen molar-refractivity contribution in [3.63, 3.8) is 0 Å². The number of para-hydroxylation sites is 1. The van der Waals surface area contributed by atoms with E-state index >= 15 is 0 Å². The summed E-state index contributed by atoms with van der Waals surface area (Å²) >= 11 is 0. The van der Waals surface area contributed by atoms with Crippen molar-refractivity contribution in [2.75, 3.05) is 0 Å². The molecule has 0 aliphatic rings. The van der Waals surface area contributed by atoms with Crippen LogP contribution in [-0.4, -0.2) is 16.6 Å². The first-order chi connectivity index (χ1) is 9.54. The Hall–Kier alpha value is -2.54. The van der Waals surface area contributed by atoms with Gasteiger partial charge in [0.25, 0.3) is 0 Å². The van der Waals surface area contributed by atoms with Crippen molar-refractivity contribution in [3.8, 4) is 11.8 Å². The molecular weight excluding hydrogens is 252 g/mol. The van der Waals surface area contributed by atoms with Crippen molar-refractivity contribution < 1.29 is 9.53 Å². The number of benzene rings is 1. The minimum absolute atomic E-state index is 0.464. The number of ether oxygens (including phenoxy) is 1. The van der Waals surface area contributed by atoms with Gasteiger partial charge in [-0.2, -0.15) is 5.26 Å². The molecule has 0 amide bonds. The second-order valence-electron chi connectivity index (χ2n) is 4.63. The fraction of sp³-hybridized carbons (Fsp3) is 0.250. The highest BCUT2D eigenvalue weighted by molar-refractivity contribution is 5.91. The van der Waals surface area contributed by atoms with Crippen LogP contribution >= 0.6 is 0 Å². The second kappa shape index (κ2) is 5.62. The summed E-state index contributed by atoms with van der Waals surface area (Å²) in [5.41, 5.74) is 3.25. The molecule has 4 nitrogen and oxygen atoms in total. The van der Waals surface area contributed by atoms with Gasteiger partial charge in [0.15, 0.2) is 6.10 Å². The quantitative estimate of drug-likeness (QED) is 0.803. The molecule has 0 unspecified atom stereocenters. The summed E-state index contributed by atoms with van der Waals surface area (Å²) in [5, 5.41) is 8.71. The molecule has 2 rings (SSSR count). The number of aromatic nitrogens is 1. The normalized spacial score (nSPS) is 11.7. The summed E-state index contributed by atoms with van der Waals surface area (Å²) in [6.07, 6.45) is -0.748. The predicted molar refractivity (Wildman–Crippen MR) is 75.7 cm³/mol. The van der Waals surface area contributed by atoms with Gasteiger partial charge in [-0.25, -0.2) is 4.79 Å². The smallest absolute Gasteiger partial charge is 0.341 e. The van der Waals surface area contributed by atoms with E-state index < -0.39 is 12.1 Å². The van der Waals surface area contributed by atoms with Gasteiger partial charge in [-0.1, -0.05) is 18.2 Å². The molecule has 1 atom stereocenters. The first-order valence-corrected chi connectivity index (χ1v) is 6.39. The van der Waals surface area contributed by atoms with E-state index in [0.717, 1.165) is 17.1 Å². The Labute approximate surface area is 118 Å². The molecule has 0 saturated heterocycles. The molecule has 2 aromatic rings. The maximum Gasteiger partial charge on any atom is 0.341 e. The zero-order chi connectivity index (χ0) is 14.7. The Balaban J connectivity index is 2.40. The number of aryl methyl sites for hydroxylation is 1. The van der Waals surface area contributed by atoms with Gasteiger partial charge in [0, 0.05) is 17.1 Å². The number of carbonyl (C=O) groups excluding carboxylic acids is 1. The van der Waals surface area contributed by atoms with E-state index in [2.05, 4.69) is 0 Å². The maximum absolute atomic E-state index is 12.0. The third-order valence-corrected chi connectivity index (χ3v) is 3.13. The van der Waals surface area contributed by atoms with Gasteiger partial charge in [0.05, 0.1) is 5.56 Å². The minimum atomic E-state index is -0.748. The van der Waals surface area contributed by atoms with Gasteiger partial charge in [0.2, 0.25) is 0 Å². The molecular formula is C16H16N2O2. The predicted octanol–water partition coefficient (Wildman–Crippen LogP) is 3.16. The van der Waals surface area contributed by atoms with Crippen molar-refractivity contribution in [3.05, 3.63) is 53.3 Å². The van der Waals surface area contributed by atoms with Crippen LogP contribution in [0.3, 0.4) is 0 Å². The van der Waals surface area contributed by atoms with Crippen LogP contribution in [0.2, 0.25) is 0 Å². The van der Waals surface area contributed by atoms with Gasteiger partial charge in [0.1, 0.15) is 6.07 Å². The average Bonchev–Trinajstić information content (AvgIpc) is 2.75. The third-order valence-electron chi connectivity index (χ3n) is 3.13. The molecule has 0 aliphatic heterocycles. The Morgan fingerprint density at radius 3 is 2.55 bits per heavy atom. The topological polar surface area (TPSA) is 55.0 Å². The molecule has 0 radical (unpaired) electrons. The number of esters is 1. The number of carbonyl (C=O) groups is 1. The Bertz CT molecular complexity index is 666. The molecule has 0 spiro atoms. The average molecular weight is 268 g/mol. The zero-order valence-electron chi connectivity index (χ0n) is 11.8. The standard InChI is InChI=1S/C16H16N2O2/c1-11-9-15(16(19)20-12(2)10-17)13(3)18(11)14-7-5-4-6-8-14/h4-9,12H,1-3H3/t12-/m1/s1. The minimum Gasteiger partial charge on any atom is -0.444 e. The van der Waals surface area contributed by atoms with Crippen molar-refractivity contribution >= 4 is 5.97 Å². The number of hydrogen-bond acceptors (Lipinski definition) is 3. The Morgan fingerprint density at radius 2 is 1.95 bits per heavy atom. The van der Waals surface area contributed by atoms with Crippen molar-refractivity contribution in [1.82, 2.24) is 4.57 Å². The monoisotopic (exact) mass is 268 g/mol. The lowest BCUT2D eigenvalue weighted by molar-refractivity contribution is 0.0434. The van der Waals surface area contributed by atoms with Crippen LogP contribution in [0.4, 0.5) is 0 Å². The van der Waals surface area contributed by atoms with Crippen molar-refractivity contribution in [2.24, 2.45) is 0 Å². The summed E-state index contributed by atoms with van der Waals surface area (Å²) in [6.45, 7) is 5.35. The summed E-state index contributed by atoms with van der Waals surface area (Å²) in [6, 6.07) is 13.5. The zero-order valence-corrected chi connectivity index (χ0v) is 11.8. The fourth-order valence-electron chi connectivity index (χ4n) is 2.19. The highest BCUT2D eigenvalue weighted by Gasteiger charge is 2.19. The van der Waals surface area contributed by atoms with Crippen LogP contribution in [0.1, 0.15) is 28.7 Å². The van der Waals surface area contributed by atoms with Gasteiger partial charge in [-0.05, 0) is 39.0 Å². The lowest BCUT2D eigenvalue weighted by atomic mass is 10.2. The number of nitriles is 1. The van der Waals surface area contributed by atoms with E-state index in [1.165, 1.54) is 0 Å². The van der Waals surface area contributed by atoms with Crippen LogP contribution in [0, 0.1) is 25.2 Å². The van der Waals surface area contributed by atoms with Gasteiger partial charge in [-0.3, -0.25) is 0 Å². The van der Waals surface area contributed by atoms with Crippen LogP contribution in [0.15, 0.2) is 36.4 Å². The molecule has 1 aromatic heterocycles. The SMILES string of the molecule is Cc1cc(C(=O)O[C@H](C)C#N)c(C)n1-c1ccccc1. The molecule has 4 heteroatoms. The Morgan fingerprint density at radius 1 is 1.30 bits per heavy atom. The molecule has 0 fully saturated rings. The number of rotatable bonds is 3. The van der Waals surface area contributed by atoms with Crippen LogP contribution in [0.5, 0.6) is 0 Å². The Kier molecular flexibility index (Phi) is 3.90. The van der Waals surface area contributed by atoms with E-state index in [4.69, 9.17) is 10.00 Å². The molecule has 20 heavy (non-hydrogen) atoms.